The first-order valence-corrected chi connectivity index (χ1v) is 9.37. The van der Waals surface area contributed by atoms with Crippen molar-refractivity contribution >= 4 is 21.8 Å². The summed E-state index contributed by atoms with van der Waals surface area (Å²) in [7, 11) is 2.06. The Balaban J connectivity index is 1.97. The quantitative estimate of drug-likeness (QED) is 0.296. The second-order valence-electron chi connectivity index (χ2n) is 7.58. The minimum Gasteiger partial charge on any atom is -0.433 e. The second-order valence-corrected chi connectivity index (χ2v) is 7.58. The molecule has 136 valence electrons. The molecule has 0 aliphatic carbocycles. The maximum atomic E-state index is 7.26. The summed E-state index contributed by atoms with van der Waals surface area (Å²) in [6.07, 6.45) is 0. The van der Waals surface area contributed by atoms with Gasteiger partial charge in [0.15, 0.2) is 0 Å². The van der Waals surface area contributed by atoms with E-state index in [-0.39, 0.29) is 0 Å². The molecule has 1 aliphatic rings. The van der Waals surface area contributed by atoms with E-state index in [1.165, 1.54) is 27.6 Å². The monoisotopic (exact) mass is 366 g/mol. The van der Waals surface area contributed by atoms with Gasteiger partial charge in [-0.05, 0) is 55.0 Å². The van der Waals surface area contributed by atoms with Crippen LogP contribution in [0.4, 0.5) is 0 Å². The molecular weight excluding hydrogens is 346 g/mol. The van der Waals surface area contributed by atoms with Gasteiger partial charge >= 0.3 is 0 Å². The van der Waals surface area contributed by atoms with Gasteiger partial charge in [-0.3, -0.25) is 0 Å². The number of ether oxygens (including phenoxy) is 1. The largest absolute Gasteiger partial charge is 0.433 e. The maximum absolute atomic E-state index is 7.26. The molecule has 0 saturated heterocycles. The van der Waals surface area contributed by atoms with Gasteiger partial charge in [0.1, 0.15) is 18.3 Å². The number of fused-ring (bicyclic) bond motifs is 3. The summed E-state index contributed by atoms with van der Waals surface area (Å²) in [5.74, 6) is 1.47. The predicted molar refractivity (Wildman–Crippen MR) is 110 cm³/mol. The summed E-state index contributed by atoms with van der Waals surface area (Å²) in [5.41, 5.74) is 8.62. The highest BCUT2D eigenvalue weighted by atomic mass is 16.5. The zero-order valence-electron chi connectivity index (χ0n) is 16.4. The maximum Gasteiger partial charge on any atom is 0.294 e. The molecule has 28 heavy (non-hydrogen) atoms. The summed E-state index contributed by atoms with van der Waals surface area (Å²) in [6, 6.07) is 12.6. The van der Waals surface area contributed by atoms with E-state index >= 15 is 0 Å². The lowest BCUT2D eigenvalue weighted by atomic mass is 9.90. The van der Waals surface area contributed by atoms with Crippen LogP contribution in [0.15, 0.2) is 36.4 Å². The lowest BCUT2D eigenvalue weighted by Crippen LogP contribution is -2.34. The van der Waals surface area contributed by atoms with Gasteiger partial charge in [0, 0.05) is 11.5 Å². The Morgan fingerprint density at radius 1 is 1.14 bits per heavy atom. The molecule has 1 aliphatic heterocycles. The molecule has 1 aromatic heterocycles. The van der Waals surface area contributed by atoms with Crippen molar-refractivity contribution in [2.24, 2.45) is 7.05 Å². The van der Waals surface area contributed by atoms with Gasteiger partial charge in [-0.1, -0.05) is 18.2 Å². The molecule has 0 N–H and O–H groups in total. The molecule has 4 aromatic rings. The van der Waals surface area contributed by atoms with Crippen molar-refractivity contribution < 1.29 is 9.30 Å². The zero-order valence-corrected chi connectivity index (χ0v) is 16.4. The predicted octanol–water partition coefficient (Wildman–Crippen LogP) is 5.33. The van der Waals surface area contributed by atoms with Crippen molar-refractivity contribution in [2.45, 2.75) is 27.3 Å². The van der Waals surface area contributed by atoms with E-state index in [0.29, 0.717) is 12.4 Å². The van der Waals surface area contributed by atoms with E-state index in [1.807, 2.05) is 12.1 Å². The van der Waals surface area contributed by atoms with Crippen LogP contribution in [0.25, 0.3) is 37.9 Å². The average Bonchev–Trinajstić information content (AvgIpc) is 2.66. The van der Waals surface area contributed by atoms with E-state index in [2.05, 4.69) is 61.5 Å². The third-order valence-electron chi connectivity index (χ3n) is 5.77. The van der Waals surface area contributed by atoms with Crippen molar-refractivity contribution in [3.63, 3.8) is 0 Å². The fourth-order valence-electron chi connectivity index (χ4n) is 4.32. The average molecular weight is 366 g/mol. The molecule has 4 nitrogen and oxygen atoms in total. The first-order chi connectivity index (χ1) is 13.5. The highest BCUT2D eigenvalue weighted by molar-refractivity contribution is 6.05. The molecule has 0 spiro atoms. The highest BCUT2D eigenvalue weighted by Gasteiger charge is 2.33. The topological polar surface area (TPSA) is 30.4 Å². The van der Waals surface area contributed by atoms with Gasteiger partial charge in [0.05, 0.1) is 11.1 Å². The van der Waals surface area contributed by atoms with Gasteiger partial charge < -0.3 is 9.58 Å². The normalized spacial score (nSPS) is 12.0. The Bertz CT molecular complexity index is 1360. The van der Waals surface area contributed by atoms with Gasteiger partial charge in [0.25, 0.3) is 11.6 Å². The Morgan fingerprint density at radius 3 is 2.75 bits per heavy atom. The zero-order chi connectivity index (χ0) is 19.6. The van der Waals surface area contributed by atoms with Crippen molar-refractivity contribution in [3.05, 3.63) is 70.1 Å². The number of aromatic nitrogens is 2. The number of aryl methyl sites for hydroxylation is 3. The minimum absolute atomic E-state index is 0.312. The summed E-state index contributed by atoms with van der Waals surface area (Å²) in [6.45, 7) is 14.0. The third-order valence-corrected chi connectivity index (χ3v) is 5.77. The van der Waals surface area contributed by atoms with Gasteiger partial charge in [0.2, 0.25) is 12.1 Å². The van der Waals surface area contributed by atoms with Crippen LogP contribution in [0.2, 0.25) is 0 Å². The van der Waals surface area contributed by atoms with Crippen LogP contribution in [-0.2, 0) is 13.6 Å². The molecule has 0 amide bonds. The second kappa shape index (κ2) is 5.77. The van der Waals surface area contributed by atoms with Crippen LogP contribution in [0.1, 0.15) is 22.3 Å². The van der Waals surface area contributed by atoms with Gasteiger partial charge in [-0.25, -0.2) is 11.6 Å². The molecular formula is C24H20N3O+. The first-order valence-electron chi connectivity index (χ1n) is 9.37. The number of nitrogens with zero attached hydrogens (tertiary/aromatic N) is 3. The van der Waals surface area contributed by atoms with Gasteiger partial charge in [-0.2, -0.15) is 4.57 Å². The van der Waals surface area contributed by atoms with Crippen LogP contribution in [0, 0.1) is 27.3 Å². The molecule has 4 heteroatoms. The molecule has 0 bridgehead atoms. The van der Waals surface area contributed by atoms with Crippen molar-refractivity contribution in [1.82, 2.24) is 4.98 Å². The Morgan fingerprint density at radius 2 is 1.96 bits per heavy atom. The molecule has 5 rings (SSSR count). The van der Waals surface area contributed by atoms with Crippen LogP contribution in [0.3, 0.4) is 0 Å². The smallest absolute Gasteiger partial charge is 0.294 e. The van der Waals surface area contributed by atoms with E-state index in [4.69, 9.17) is 16.3 Å². The Hall–Kier alpha value is -3.45. The number of para-hydroxylation sites is 1. The molecule has 0 radical (unpaired) electrons. The SMILES string of the molecule is [C-]#[N+]Cc1cccc2c1nc1c([n+]2C)-c2c(C)c(C)cc3cc(C)cc(c23)O1. The summed E-state index contributed by atoms with van der Waals surface area (Å²) in [5, 5.41) is 2.34. The summed E-state index contributed by atoms with van der Waals surface area (Å²) in [4.78, 5) is 8.46. The lowest BCUT2D eigenvalue weighted by molar-refractivity contribution is -0.634. The van der Waals surface area contributed by atoms with Crippen LogP contribution >= 0.6 is 0 Å². The van der Waals surface area contributed by atoms with E-state index in [9.17, 15) is 0 Å². The lowest BCUT2D eigenvalue weighted by Gasteiger charge is -2.22. The van der Waals surface area contributed by atoms with Crippen molar-refractivity contribution in [1.29, 1.82) is 0 Å². The van der Waals surface area contributed by atoms with Crippen LogP contribution in [0.5, 0.6) is 11.6 Å². The van der Waals surface area contributed by atoms with Gasteiger partial charge in [-0.15, -0.1) is 0 Å². The number of benzene rings is 3. The Labute approximate surface area is 163 Å². The molecule has 0 fully saturated rings. The fourth-order valence-corrected chi connectivity index (χ4v) is 4.32. The standard InChI is InChI=1S/C24H20N3O/c1-13-9-17-11-14(2)15(3)20-21(17)19(10-13)28-24-23(20)27(5)18-8-6-7-16(12-25-4)22(18)26-24/h6-11H,12H2,1-3,5H3/q+1. The summed E-state index contributed by atoms with van der Waals surface area (Å²) >= 11 is 0. The summed E-state index contributed by atoms with van der Waals surface area (Å²) < 4.78 is 8.50. The third kappa shape index (κ3) is 2.16. The number of hydrogen-bond donors (Lipinski definition) is 0. The first kappa shape index (κ1) is 16.7. The van der Waals surface area contributed by atoms with Crippen molar-refractivity contribution in [2.75, 3.05) is 0 Å². The van der Waals surface area contributed by atoms with E-state index in [1.54, 1.807) is 0 Å². The minimum atomic E-state index is 0.312. The molecule has 2 heterocycles. The van der Waals surface area contributed by atoms with Crippen LogP contribution < -0.4 is 9.30 Å². The van der Waals surface area contributed by atoms with E-state index in [0.717, 1.165) is 33.4 Å². The van der Waals surface area contributed by atoms with Crippen molar-refractivity contribution in [3.8, 4) is 22.9 Å². The molecule has 0 unspecified atom stereocenters. The Kier molecular flexibility index (Phi) is 3.44. The molecule has 0 saturated carbocycles. The van der Waals surface area contributed by atoms with Crippen LogP contribution in [-0.4, -0.2) is 4.98 Å². The molecule has 3 aromatic carbocycles. The van der Waals surface area contributed by atoms with E-state index < -0.39 is 0 Å². The fraction of sp³-hybridized carbons (Fsp3) is 0.208. The number of rotatable bonds is 1. The highest BCUT2D eigenvalue weighted by Crippen LogP contribution is 2.47. The molecule has 0 atom stereocenters. The number of hydrogen-bond acceptors (Lipinski definition) is 2.